The lowest BCUT2D eigenvalue weighted by Crippen LogP contribution is -2.47. The molecule has 0 saturated carbocycles. The monoisotopic (exact) mass is 264 g/mol. The maximum absolute atomic E-state index is 11.8. The van der Waals surface area contributed by atoms with Gasteiger partial charge >= 0.3 is 0 Å². The lowest BCUT2D eigenvalue weighted by molar-refractivity contribution is -0.126. The summed E-state index contributed by atoms with van der Waals surface area (Å²) in [6.45, 7) is 8.63. The van der Waals surface area contributed by atoms with E-state index in [1.165, 1.54) is 0 Å². The molecule has 4 nitrogen and oxygen atoms in total. The van der Waals surface area contributed by atoms with Crippen LogP contribution in [0, 0.1) is 0 Å². The number of rotatable bonds is 5. The van der Waals surface area contributed by atoms with Gasteiger partial charge in [0.25, 0.3) is 0 Å². The van der Waals surface area contributed by atoms with Crippen molar-refractivity contribution < 1.29 is 9.53 Å². The molecule has 1 amide bonds. The minimum Gasteiger partial charge on any atom is -0.375 e. The van der Waals surface area contributed by atoms with Crippen LogP contribution in [0.4, 0.5) is 0 Å². The average Bonchev–Trinajstić information content (AvgIpc) is 2.17. The average molecular weight is 265 g/mol. The molecule has 1 fully saturated rings. The van der Waals surface area contributed by atoms with Crippen molar-refractivity contribution in [3.8, 4) is 0 Å². The highest BCUT2D eigenvalue weighted by Gasteiger charge is 2.22. The van der Waals surface area contributed by atoms with E-state index in [0.717, 1.165) is 25.9 Å². The molecule has 0 aromatic heterocycles. The lowest BCUT2D eigenvalue weighted by atomic mass is 9.98. The van der Waals surface area contributed by atoms with Crippen LogP contribution in [0.5, 0.6) is 0 Å². The molecule has 1 heterocycles. The highest BCUT2D eigenvalue weighted by molar-refractivity contribution is 5.85. The van der Waals surface area contributed by atoms with Crippen molar-refractivity contribution in [2.75, 3.05) is 19.7 Å². The van der Waals surface area contributed by atoms with Crippen LogP contribution in [0.2, 0.25) is 0 Å². The minimum absolute atomic E-state index is 0. The number of amides is 1. The third-order valence-electron chi connectivity index (χ3n) is 2.77. The van der Waals surface area contributed by atoms with Gasteiger partial charge in [0.15, 0.2) is 0 Å². The SMILES string of the molecule is CCCC(C)(C)NC(=O)CC1CNCCO1.Cl. The number of morpholine rings is 1. The van der Waals surface area contributed by atoms with E-state index in [0.29, 0.717) is 13.0 Å². The fourth-order valence-corrected chi connectivity index (χ4v) is 2.07. The lowest BCUT2D eigenvalue weighted by Gasteiger charge is -2.28. The van der Waals surface area contributed by atoms with Crippen molar-refractivity contribution in [1.29, 1.82) is 0 Å². The van der Waals surface area contributed by atoms with E-state index >= 15 is 0 Å². The predicted octanol–water partition coefficient (Wildman–Crippen LogP) is 1.48. The molecular weight excluding hydrogens is 240 g/mol. The van der Waals surface area contributed by atoms with Gasteiger partial charge in [-0.1, -0.05) is 13.3 Å². The smallest absolute Gasteiger partial charge is 0.223 e. The summed E-state index contributed by atoms with van der Waals surface area (Å²) >= 11 is 0. The Morgan fingerprint density at radius 3 is 2.76 bits per heavy atom. The molecule has 0 aliphatic carbocycles. The zero-order valence-corrected chi connectivity index (χ0v) is 11.9. The Morgan fingerprint density at radius 1 is 1.53 bits per heavy atom. The van der Waals surface area contributed by atoms with Crippen LogP contribution in [0.1, 0.15) is 40.0 Å². The Morgan fingerprint density at radius 2 is 2.24 bits per heavy atom. The van der Waals surface area contributed by atoms with E-state index in [2.05, 4.69) is 31.4 Å². The molecule has 2 N–H and O–H groups in total. The number of hydrogen-bond donors (Lipinski definition) is 2. The first-order valence-corrected chi connectivity index (χ1v) is 6.17. The van der Waals surface area contributed by atoms with Gasteiger partial charge in [-0.25, -0.2) is 0 Å². The molecule has 1 atom stereocenters. The third-order valence-corrected chi connectivity index (χ3v) is 2.77. The molecule has 1 aliphatic rings. The molecule has 0 bridgehead atoms. The molecule has 102 valence electrons. The first-order chi connectivity index (χ1) is 7.53. The fourth-order valence-electron chi connectivity index (χ4n) is 2.07. The minimum atomic E-state index is -0.103. The van der Waals surface area contributed by atoms with E-state index in [-0.39, 0.29) is 30.0 Å². The van der Waals surface area contributed by atoms with Crippen molar-refractivity contribution >= 4 is 18.3 Å². The molecule has 0 aromatic carbocycles. The Balaban J connectivity index is 0.00000256. The summed E-state index contributed by atoms with van der Waals surface area (Å²) in [5.41, 5.74) is -0.103. The van der Waals surface area contributed by atoms with Crippen molar-refractivity contribution in [2.45, 2.75) is 51.7 Å². The summed E-state index contributed by atoms with van der Waals surface area (Å²) in [4.78, 5) is 11.8. The van der Waals surface area contributed by atoms with Crippen LogP contribution in [0.15, 0.2) is 0 Å². The van der Waals surface area contributed by atoms with Gasteiger partial charge in [-0.2, -0.15) is 0 Å². The molecular formula is C12H25ClN2O2. The van der Waals surface area contributed by atoms with Crippen LogP contribution in [-0.2, 0) is 9.53 Å². The van der Waals surface area contributed by atoms with E-state index in [1.54, 1.807) is 0 Å². The molecule has 1 aliphatic heterocycles. The summed E-state index contributed by atoms with van der Waals surface area (Å²) in [6.07, 6.45) is 2.57. The largest absolute Gasteiger partial charge is 0.375 e. The van der Waals surface area contributed by atoms with Crippen molar-refractivity contribution in [1.82, 2.24) is 10.6 Å². The normalized spacial score (nSPS) is 20.5. The van der Waals surface area contributed by atoms with E-state index in [9.17, 15) is 4.79 Å². The number of carbonyl (C=O) groups excluding carboxylic acids is 1. The standard InChI is InChI=1S/C12H24N2O2.ClH/c1-4-5-12(2,3)14-11(15)8-10-9-13-6-7-16-10;/h10,13H,4-9H2,1-3H3,(H,14,15);1H. The zero-order chi connectivity index (χ0) is 12.0. The van der Waals surface area contributed by atoms with E-state index in [4.69, 9.17) is 4.74 Å². The Kier molecular flexibility index (Phi) is 7.75. The van der Waals surface area contributed by atoms with Crippen LogP contribution < -0.4 is 10.6 Å². The quantitative estimate of drug-likeness (QED) is 0.791. The Labute approximate surface area is 110 Å². The molecule has 1 rings (SSSR count). The number of hydrogen-bond acceptors (Lipinski definition) is 3. The van der Waals surface area contributed by atoms with Crippen molar-refractivity contribution in [3.05, 3.63) is 0 Å². The van der Waals surface area contributed by atoms with Crippen molar-refractivity contribution in [2.24, 2.45) is 0 Å². The van der Waals surface area contributed by atoms with Gasteiger partial charge in [-0.3, -0.25) is 4.79 Å². The maximum Gasteiger partial charge on any atom is 0.223 e. The number of ether oxygens (including phenoxy) is 1. The van der Waals surface area contributed by atoms with Crippen LogP contribution in [0.3, 0.4) is 0 Å². The molecule has 1 saturated heterocycles. The van der Waals surface area contributed by atoms with Gasteiger partial charge in [0, 0.05) is 18.6 Å². The fraction of sp³-hybridized carbons (Fsp3) is 0.917. The second kappa shape index (κ2) is 7.90. The predicted molar refractivity (Wildman–Crippen MR) is 71.6 cm³/mol. The van der Waals surface area contributed by atoms with Gasteiger partial charge in [0.05, 0.1) is 19.1 Å². The Bertz CT molecular complexity index is 229. The van der Waals surface area contributed by atoms with E-state index in [1.807, 2.05) is 0 Å². The van der Waals surface area contributed by atoms with Crippen LogP contribution >= 0.6 is 12.4 Å². The Hall–Kier alpha value is -0.320. The molecule has 0 aromatic rings. The van der Waals surface area contributed by atoms with Gasteiger partial charge in [0.1, 0.15) is 0 Å². The van der Waals surface area contributed by atoms with Gasteiger partial charge < -0.3 is 15.4 Å². The first kappa shape index (κ1) is 16.7. The first-order valence-electron chi connectivity index (χ1n) is 6.17. The number of halogens is 1. The molecule has 5 heteroatoms. The number of nitrogens with one attached hydrogen (secondary N) is 2. The van der Waals surface area contributed by atoms with Crippen LogP contribution in [0.25, 0.3) is 0 Å². The highest BCUT2D eigenvalue weighted by Crippen LogP contribution is 2.11. The summed E-state index contributed by atoms with van der Waals surface area (Å²) in [6, 6.07) is 0. The van der Waals surface area contributed by atoms with Gasteiger partial charge in [-0.15, -0.1) is 12.4 Å². The topological polar surface area (TPSA) is 50.4 Å². The number of carbonyl (C=O) groups is 1. The van der Waals surface area contributed by atoms with Gasteiger partial charge in [-0.05, 0) is 20.3 Å². The van der Waals surface area contributed by atoms with Crippen LogP contribution in [-0.4, -0.2) is 37.2 Å². The molecule has 0 radical (unpaired) electrons. The summed E-state index contributed by atoms with van der Waals surface area (Å²) < 4.78 is 5.50. The second-order valence-electron chi connectivity index (χ2n) is 5.08. The molecule has 1 unspecified atom stereocenters. The van der Waals surface area contributed by atoms with E-state index < -0.39 is 0 Å². The summed E-state index contributed by atoms with van der Waals surface area (Å²) in [5, 5.41) is 6.28. The summed E-state index contributed by atoms with van der Waals surface area (Å²) in [5.74, 6) is 0.0900. The second-order valence-corrected chi connectivity index (χ2v) is 5.08. The highest BCUT2D eigenvalue weighted by atomic mass is 35.5. The third kappa shape index (κ3) is 6.86. The molecule has 0 spiro atoms. The van der Waals surface area contributed by atoms with Crippen molar-refractivity contribution in [3.63, 3.8) is 0 Å². The summed E-state index contributed by atoms with van der Waals surface area (Å²) in [7, 11) is 0. The molecule has 17 heavy (non-hydrogen) atoms. The maximum atomic E-state index is 11.8. The van der Waals surface area contributed by atoms with Gasteiger partial charge in [0.2, 0.25) is 5.91 Å². The zero-order valence-electron chi connectivity index (χ0n) is 11.0.